The van der Waals surface area contributed by atoms with E-state index in [2.05, 4.69) is 26.9 Å². The highest BCUT2D eigenvalue weighted by Crippen LogP contribution is 2.35. The molecule has 2 aromatic rings. The molecule has 2 aromatic carbocycles. The summed E-state index contributed by atoms with van der Waals surface area (Å²) in [6, 6.07) is 10.9. The van der Waals surface area contributed by atoms with Gasteiger partial charge in [-0.05, 0) is 34.5 Å². The Morgan fingerprint density at radius 2 is 1.90 bits per heavy atom. The molecule has 102 valence electrons. The van der Waals surface area contributed by atoms with Crippen LogP contribution in [-0.2, 0) is 0 Å². The maximum Gasteiger partial charge on any atom is 0.256 e. The van der Waals surface area contributed by atoms with Crippen molar-refractivity contribution in [1.29, 1.82) is 0 Å². The van der Waals surface area contributed by atoms with Gasteiger partial charge >= 0.3 is 0 Å². The first-order chi connectivity index (χ1) is 9.65. The highest BCUT2D eigenvalue weighted by Gasteiger charge is 2.20. The van der Waals surface area contributed by atoms with E-state index in [1.54, 1.807) is 12.1 Å². The van der Waals surface area contributed by atoms with Gasteiger partial charge in [0.2, 0.25) is 0 Å². The molecule has 0 saturated heterocycles. The number of halogens is 1. The first-order valence-corrected chi connectivity index (χ1v) is 6.73. The van der Waals surface area contributed by atoms with Gasteiger partial charge in [0.25, 0.3) is 5.91 Å². The third kappa shape index (κ3) is 2.35. The van der Waals surface area contributed by atoms with Gasteiger partial charge in [-0.1, -0.05) is 18.2 Å². The fraction of sp³-hybridized carbons (Fsp3) is 0.0714. The standard InChI is InChI=1S/C14H11BrN2O3/c1-8-4-2-3-5-11(8)16-14(18)9-6-12-13(7-10(9)15)20-17-19-12/h2-7,17H,1H3,(H,16,18). The number of hydrogen-bond donors (Lipinski definition) is 2. The summed E-state index contributed by atoms with van der Waals surface area (Å²) in [5.74, 6) is 0.789. The van der Waals surface area contributed by atoms with Crippen LogP contribution in [0.4, 0.5) is 5.69 Å². The topological polar surface area (TPSA) is 59.6 Å². The fourth-order valence-electron chi connectivity index (χ4n) is 1.88. The minimum absolute atomic E-state index is 0.218. The molecule has 1 aliphatic rings. The van der Waals surface area contributed by atoms with Crippen LogP contribution in [0.5, 0.6) is 11.5 Å². The molecule has 3 rings (SSSR count). The molecule has 1 aliphatic heterocycles. The van der Waals surface area contributed by atoms with E-state index in [1.165, 1.54) is 0 Å². The normalized spacial score (nSPS) is 12.3. The van der Waals surface area contributed by atoms with Crippen LogP contribution in [-0.4, -0.2) is 5.91 Å². The van der Waals surface area contributed by atoms with Crippen LogP contribution in [0.3, 0.4) is 0 Å². The van der Waals surface area contributed by atoms with Crippen LogP contribution in [0.25, 0.3) is 0 Å². The SMILES string of the molecule is Cc1ccccc1NC(=O)c1cc2c(cc1Br)ONO2. The van der Waals surface area contributed by atoms with Crippen molar-refractivity contribution in [3.05, 3.63) is 52.0 Å². The first-order valence-electron chi connectivity index (χ1n) is 5.94. The lowest BCUT2D eigenvalue weighted by atomic mass is 10.1. The lowest BCUT2D eigenvalue weighted by Crippen LogP contribution is -2.14. The van der Waals surface area contributed by atoms with Crippen molar-refractivity contribution in [3.63, 3.8) is 0 Å². The molecule has 0 spiro atoms. The summed E-state index contributed by atoms with van der Waals surface area (Å²) >= 11 is 3.36. The van der Waals surface area contributed by atoms with E-state index in [9.17, 15) is 4.79 Å². The Morgan fingerprint density at radius 1 is 1.20 bits per heavy atom. The van der Waals surface area contributed by atoms with E-state index in [4.69, 9.17) is 9.68 Å². The molecule has 1 amide bonds. The number of carbonyl (C=O) groups is 1. The quantitative estimate of drug-likeness (QED) is 0.885. The van der Waals surface area contributed by atoms with Gasteiger partial charge in [-0.3, -0.25) is 4.79 Å². The molecule has 5 nitrogen and oxygen atoms in total. The average Bonchev–Trinajstić information content (AvgIpc) is 2.87. The van der Waals surface area contributed by atoms with Crippen LogP contribution in [0.2, 0.25) is 0 Å². The van der Waals surface area contributed by atoms with Crippen molar-refractivity contribution in [1.82, 2.24) is 5.64 Å². The third-order valence-corrected chi connectivity index (χ3v) is 3.63. The minimum Gasteiger partial charge on any atom is -0.370 e. The number of amides is 1. The van der Waals surface area contributed by atoms with Gasteiger partial charge in [0.15, 0.2) is 11.5 Å². The van der Waals surface area contributed by atoms with E-state index >= 15 is 0 Å². The number of para-hydroxylation sites is 1. The van der Waals surface area contributed by atoms with E-state index < -0.39 is 0 Å². The summed E-state index contributed by atoms with van der Waals surface area (Å²) in [6.07, 6.45) is 0. The molecule has 1 heterocycles. The largest absolute Gasteiger partial charge is 0.370 e. The van der Waals surface area contributed by atoms with Crippen molar-refractivity contribution in [2.45, 2.75) is 6.92 Å². The zero-order valence-corrected chi connectivity index (χ0v) is 12.2. The Kier molecular flexibility index (Phi) is 3.33. The third-order valence-electron chi connectivity index (χ3n) is 2.97. The smallest absolute Gasteiger partial charge is 0.256 e. The monoisotopic (exact) mass is 334 g/mol. The van der Waals surface area contributed by atoms with E-state index in [-0.39, 0.29) is 5.91 Å². The second-order valence-electron chi connectivity index (χ2n) is 4.34. The maximum atomic E-state index is 12.3. The number of aryl methyl sites for hydroxylation is 1. The average molecular weight is 335 g/mol. The molecular weight excluding hydrogens is 324 g/mol. The van der Waals surface area contributed by atoms with Crippen LogP contribution in [0, 0.1) is 6.92 Å². The van der Waals surface area contributed by atoms with Crippen molar-refractivity contribution in [2.24, 2.45) is 0 Å². The molecule has 20 heavy (non-hydrogen) atoms. The molecule has 0 bridgehead atoms. The lowest BCUT2D eigenvalue weighted by Gasteiger charge is -2.09. The highest BCUT2D eigenvalue weighted by atomic mass is 79.9. The minimum atomic E-state index is -0.218. The Hall–Kier alpha value is -2.05. The van der Waals surface area contributed by atoms with Gasteiger partial charge in [0, 0.05) is 27.9 Å². The fourth-order valence-corrected chi connectivity index (χ4v) is 2.38. The molecule has 0 fully saturated rings. The molecule has 0 atom stereocenters. The zero-order valence-electron chi connectivity index (χ0n) is 10.6. The van der Waals surface area contributed by atoms with Crippen LogP contribution in [0.15, 0.2) is 40.9 Å². The summed E-state index contributed by atoms with van der Waals surface area (Å²) in [5, 5.41) is 2.87. The van der Waals surface area contributed by atoms with Crippen LogP contribution < -0.4 is 20.6 Å². The lowest BCUT2D eigenvalue weighted by molar-refractivity contribution is 0.0259. The van der Waals surface area contributed by atoms with Gasteiger partial charge in [0.05, 0.1) is 5.56 Å². The Morgan fingerprint density at radius 3 is 2.65 bits per heavy atom. The number of fused-ring (bicyclic) bond motifs is 1. The van der Waals surface area contributed by atoms with E-state index in [1.807, 2.05) is 31.2 Å². The number of hydrogen-bond acceptors (Lipinski definition) is 4. The molecule has 0 saturated carbocycles. The highest BCUT2D eigenvalue weighted by molar-refractivity contribution is 9.10. The predicted molar refractivity (Wildman–Crippen MR) is 77.7 cm³/mol. The van der Waals surface area contributed by atoms with Crippen molar-refractivity contribution >= 4 is 27.5 Å². The zero-order chi connectivity index (χ0) is 14.1. The summed E-state index contributed by atoms with van der Waals surface area (Å²) in [7, 11) is 0. The molecule has 0 aliphatic carbocycles. The van der Waals surface area contributed by atoms with Gasteiger partial charge < -0.3 is 15.0 Å². The molecule has 6 heteroatoms. The molecule has 2 N–H and O–H groups in total. The number of anilines is 1. The number of benzene rings is 2. The first kappa shape index (κ1) is 13.0. The van der Waals surface area contributed by atoms with Crippen molar-refractivity contribution in [3.8, 4) is 11.5 Å². The summed E-state index contributed by atoms with van der Waals surface area (Å²) in [5.41, 5.74) is 4.54. The van der Waals surface area contributed by atoms with Gasteiger partial charge in [0.1, 0.15) is 0 Å². The Balaban J connectivity index is 1.90. The van der Waals surface area contributed by atoms with Crippen molar-refractivity contribution in [2.75, 3.05) is 5.32 Å². The number of rotatable bonds is 2. The van der Waals surface area contributed by atoms with Gasteiger partial charge in [-0.2, -0.15) is 0 Å². The molecule has 0 unspecified atom stereocenters. The van der Waals surface area contributed by atoms with Crippen LogP contribution in [0.1, 0.15) is 15.9 Å². The Bertz CT molecular complexity index is 688. The van der Waals surface area contributed by atoms with E-state index in [0.29, 0.717) is 21.5 Å². The van der Waals surface area contributed by atoms with Crippen LogP contribution >= 0.6 is 15.9 Å². The Labute approximate surface area is 123 Å². The van der Waals surface area contributed by atoms with Gasteiger partial charge in [-0.25, -0.2) is 0 Å². The predicted octanol–water partition coefficient (Wildman–Crippen LogP) is 3.20. The maximum absolute atomic E-state index is 12.3. The molecule has 0 aromatic heterocycles. The van der Waals surface area contributed by atoms with Crippen molar-refractivity contribution < 1.29 is 14.5 Å². The van der Waals surface area contributed by atoms with E-state index in [0.717, 1.165) is 11.3 Å². The summed E-state index contributed by atoms with van der Waals surface area (Å²) in [6.45, 7) is 1.94. The number of nitrogens with one attached hydrogen (secondary N) is 2. The second-order valence-corrected chi connectivity index (χ2v) is 5.19. The number of carbonyl (C=O) groups excluding carboxylic acids is 1. The molecular formula is C14H11BrN2O3. The van der Waals surface area contributed by atoms with Gasteiger partial charge in [-0.15, -0.1) is 0 Å². The molecule has 0 radical (unpaired) electrons. The second kappa shape index (κ2) is 5.15. The summed E-state index contributed by atoms with van der Waals surface area (Å²) in [4.78, 5) is 22.4. The summed E-state index contributed by atoms with van der Waals surface area (Å²) < 4.78 is 0.634.